The van der Waals surface area contributed by atoms with Crippen molar-refractivity contribution in [2.24, 2.45) is 46.3 Å². The highest BCUT2D eigenvalue weighted by Crippen LogP contribution is 2.67. The number of carboxylic acids is 1. The molecule has 1 heterocycles. The Bertz CT molecular complexity index is 648. The SMILES string of the molecule is CC1C[C@H]2NC(=O)CC[C@]2(C)[C@H]2CC[C@]3(C)[C@@H]([C@H](C)CCC(=O)O)CC[C@H]3[C@H]12. The zero-order valence-corrected chi connectivity index (χ0v) is 18.2. The van der Waals surface area contributed by atoms with Crippen LogP contribution in [0.1, 0.15) is 85.5 Å². The summed E-state index contributed by atoms with van der Waals surface area (Å²) in [6.45, 7) is 9.73. The summed E-state index contributed by atoms with van der Waals surface area (Å²) in [6.07, 6.45) is 9.16. The highest BCUT2D eigenvalue weighted by Gasteiger charge is 2.62. The Morgan fingerprint density at radius 3 is 2.61 bits per heavy atom. The monoisotopic (exact) mass is 389 g/mol. The first kappa shape index (κ1) is 20.2. The van der Waals surface area contributed by atoms with Crippen LogP contribution in [0.25, 0.3) is 0 Å². The molecule has 4 heteroatoms. The first-order valence-corrected chi connectivity index (χ1v) is 11.7. The van der Waals surface area contributed by atoms with Gasteiger partial charge in [-0.15, -0.1) is 0 Å². The minimum absolute atomic E-state index is 0.252. The first-order chi connectivity index (χ1) is 13.2. The quantitative estimate of drug-likeness (QED) is 0.721. The van der Waals surface area contributed by atoms with Gasteiger partial charge < -0.3 is 10.4 Å². The second kappa shape index (κ2) is 7.02. The summed E-state index contributed by atoms with van der Waals surface area (Å²) in [5, 5.41) is 12.5. The highest BCUT2D eigenvalue weighted by atomic mass is 16.4. The van der Waals surface area contributed by atoms with Gasteiger partial charge in [-0.1, -0.05) is 27.7 Å². The van der Waals surface area contributed by atoms with E-state index in [1.165, 1.54) is 25.7 Å². The minimum Gasteiger partial charge on any atom is -0.481 e. The Hall–Kier alpha value is -1.06. The lowest BCUT2D eigenvalue weighted by Crippen LogP contribution is -2.63. The molecule has 1 amide bonds. The maximum atomic E-state index is 12.0. The number of rotatable bonds is 4. The lowest BCUT2D eigenvalue weighted by molar-refractivity contribution is -0.144. The van der Waals surface area contributed by atoms with Crippen LogP contribution >= 0.6 is 0 Å². The van der Waals surface area contributed by atoms with Crippen LogP contribution < -0.4 is 5.32 Å². The number of carbonyl (C=O) groups excluding carboxylic acids is 1. The third-order valence-electron chi connectivity index (χ3n) is 10.0. The van der Waals surface area contributed by atoms with Crippen molar-refractivity contribution in [3.05, 3.63) is 0 Å². The van der Waals surface area contributed by atoms with Crippen LogP contribution in [0, 0.1) is 46.3 Å². The van der Waals surface area contributed by atoms with E-state index in [9.17, 15) is 9.59 Å². The van der Waals surface area contributed by atoms with Crippen molar-refractivity contribution in [3.63, 3.8) is 0 Å². The van der Waals surface area contributed by atoms with E-state index in [2.05, 4.69) is 33.0 Å². The number of hydrogen-bond donors (Lipinski definition) is 2. The van der Waals surface area contributed by atoms with Crippen LogP contribution in [-0.4, -0.2) is 23.0 Å². The van der Waals surface area contributed by atoms with E-state index in [1.54, 1.807) is 0 Å². The van der Waals surface area contributed by atoms with E-state index >= 15 is 0 Å². The van der Waals surface area contributed by atoms with Crippen molar-refractivity contribution < 1.29 is 14.7 Å². The Morgan fingerprint density at radius 2 is 1.89 bits per heavy atom. The van der Waals surface area contributed by atoms with E-state index in [-0.39, 0.29) is 11.3 Å². The van der Waals surface area contributed by atoms with Gasteiger partial charge in [0, 0.05) is 18.9 Å². The molecule has 2 N–H and O–H groups in total. The van der Waals surface area contributed by atoms with Crippen LogP contribution in [0.3, 0.4) is 0 Å². The molecule has 0 aromatic carbocycles. The van der Waals surface area contributed by atoms with Crippen LogP contribution in [0.2, 0.25) is 0 Å². The van der Waals surface area contributed by atoms with Crippen molar-refractivity contribution in [1.82, 2.24) is 5.32 Å². The zero-order valence-electron chi connectivity index (χ0n) is 18.2. The number of hydrogen-bond acceptors (Lipinski definition) is 2. The largest absolute Gasteiger partial charge is 0.481 e. The predicted molar refractivity (Wildman–Crippen MR) is 110 cm³/mol. The maximum Gasteiger partial charge on any atom is 0.303 e. The molecule has 4 nitrogen and oxygen atoms in total. The molecule has 0 radical (unpaired) electrons. The normalized spacial score (nSPS) is 48.8. The molecule has 3 saturated carbocycles. The molecule has 3 aliphatic carbocycles. The Balaban J connectivity index is 1.56. The number of carbonyl (C=O) groups is 2. The average molecular weight is 390 g/mol. The van der Waals surface area contributed by atoms with Gasteiger partial charge in [0.15, 0.2) is 0 Å². The van der Waals surface area contributed by atoms with Gasteiger partial charge in [0.2, 0.25) is 5.91 Å². The van der Waals surface area contributed by atoms with Crippen molar-refractivity contribution in [2.75, 3.05) is 0 Å². The second-order valence-corrected chi connectivity index (χ2v) is 11.3. The van der Waals surface area contributed by atoms with E-state index < -0.39 is 5.97 Å². The fraction of sp³-hybridized carbons (Fsp3) is 0.917. The topological polar surface area (TPSA) is 66.4 Å². The van der Waals surface area contributed by atoms with Gasteiger partial charge >= 0.3 is 5.97 Å². The van der Waals surface area contributed by atoms with Gasteiger partial charge in [-0.25, -0.2) is 0 Å². The van der Waals surface area contributed by atoms with Crippen molar-refractivity contribution in [3.8, 4) is 0 Å². The Morgan fingerprint density at radius 1 is 1.18 bits per heavy atom. The molecule has 9 atom stereocenters. The number of amides is 1. The van der Waals surface area contributed by atoms with E-state index in [1.807, 2.05) is 0 Å². The molecule has 158 valence electrons. The van der Waals surface area contributed by atoms with Crippen LogP contribution in [-0.2, 0) is 9.59 Å². The van der Waals surface area contributed by atoms with Crippen molar-refractivity contribution in [2.45, 2.75) is 91.5 Å². The molecule has 0 aromatic rings. The summed E-state index contributed by atoms with van der Waals surface area (Å²) < 4.78 is 0. The molecule has 0 spiro atoms. The number of carboxylic acid groups (broad SMARTS) is 1. The summed E-state index contributed by atoms with van der Waals surface area (Å²) in [6, 6.07) is 0.362. The van der Waals surface area contributed by atoms with Gasteiger partial charge in [0.25, 0.3) is 0 Å². The first-order valence-electron chi connectivity index (χ1n) is 11.7. The lowest BCUT2D eigenvalue weighted by Gasteiger charge is -2.62. The van der Waals surface area contributed by atoms with Crippen LogP contribution in [0.5, 0.6) is 0 Å². The lowest BCUT2D eigenvalue weighted by atomic mass is 9.44. The molecule has 1 saturated heterocycles. The summed E-state index contributed by atoms with van der Waals surface area (Å²) in [5.74, 6) is 3.70. The van der Waals surface area contributed by atoms with E-state index in [0.29, 0.717) is 42.1 Å². The molecule has 4 fully saturated rings. The van der Waals surface area contributed by atoms with Crippen LogP contribution in [0.15, 0.2) is 0 Å². The Kier molecular flexibility index (Phi) is 5.07. The van der Waals surface area contributed by atoms with Crippen molar-refractivity contribution >= 4 is 11.9 Å². The molecular formula is C24H39NO3. The van der Waals surface area contributed by atoms with Gasteiger partial charge in [-0.05, 0) is 91.3 Å². The van der Waals surface area contributed by atoms with Gasteiger partial charge in [-0.2, -0.15) is 0 Å². The average Bonchev–Trinajstić information content (AvgIpc) is 2.98. The fourth-order valence-corrected chi connectivity index (χ4v) is 8.57. The zero-order chi connectivity index (χ0) is 20.3. The summed E-state index contributed by atoms with van der Waals surface area (Å²) in [4.78, 5) is 23.1. The third kappa shape index (κ3) is 3.01. The number of nitrogens with one attached hydrogen (secondary N) is 1. The number of piperidine rings is 1. The summed E-state index contributed by atoms with van der Waals surface area (Å²) >= 11 is 0. The molecule has 1 aliphatic heterocycles. The molecular weight excluding hydrogens is 350 g/mol. The Labute approximate surface area is 170 Å². The predicted octanol–water partition coefficient (Wildman–Crippen LogP) is 4.87. The summed E-state index contributed by atoms with van der Waals surface area (Å²) in [5.41, 5.74) is 0.633. The molecule has 1 unspecified atom stereocenters. The standard InChI is InChI=1S/C24H39NO3/c1-14(5-8-21(27)28)16-6-7-17-22-15(2)13-19-24(4,12-10-20(26)25-19)18(22)9-11-23(16,17)3/h14-19,22H,5-13H2,1-4H3,(H,25,26)(H,27,28)/t14-,15?,16-,17+,18+,19-,22+,23-,24-/m1/s1. The van der Waals surface area contributed by atoms with Gasteiger partial charge in [0.1, 0.15) is 0 Å². The van der Waals surface area contributed by atoms with Crippen molar-refractivity contribution in [1.29, 1.82) is 0 Å². The maximum absolute atomic E-state index is 12.0. The smallest absolute Gasteiger partial charge is 0.303 e. The van der Waals surface area contributed by atoms with E-state index in [4.69, 9.17) is 5.11 Å². The third-order valence-corrected chi connectivity index (χ3v) is 10.0. The molecule has 0 bridgehead atoms. The minimum atomic E-state index is -0.658. The highest BCUT2D eigenvalue weighted by molar-refractivity contribution is 5.77. The van der Waals surface area contributed by atoms with E-state index in [0.717, 1.165) is 37.0 Å². The molecule has 0 aromatic heterocycles. The molecule has 4 rings (SSSR count). The van der Waals surface area contributed by atoms with Gasteiger partial charge in [0.05, 0.1) is 0 Å². The second-order valence-electron chi connectivity index (χ2n) is 11.3. The van der Waals surface area contributed by atoms with Gasteiger partial charge in [-0.3, -0.25) is 9.59 Å². The molecule has 28 heavy (non-hydrogen) atoms. The van der Waals surface area contributed by atoms with Crippen LogP contribution in [0.4, 0.5) is 0 Å². The summed E-state index contributed by atoms with van der Waals surface area (Å²) in [7, 11) is 0. The number of aliphatic carboxylic acids is 1. The molecule has 4 aliphatic rings. The fourth-order valence-electron chi connectivity index (χ4n) is 8.57. The number of fused-ring (bicyclic) bond motifs is 5.